The Bertz CT molecular complexity index is 777. The summed E-state index contributed by atoms with van der Waals surface area (Å²) in [4.78, 5) is 31.4. The van der Waals surface area contributed by atoms with Gasteiger partial charge < -0.3 is 10.3 Å². The van der Waals surface area contributed by atoms with Gasteiger partial charge in [-0.1, -0.05) is 6.92 Å². The maximum atomic E-state index is 12.3. The summed E-state index contributed by atoms with van der Waals surface area (Å²) >= 11 is 0. The van der Waals surface area contributed by atoms with Crippen molar-refractivity contribution in [2.45, 2.75) is 52.0 Å². The Hall–Kier alpha value is -2.44. The summed E-state index contributed by atoms with van der Waals surface area (Å²) < 4.78 is 0. The van der Waals surface area contributed by atoms with Crippen LogP contribution in [0.15, 0.2) is 11.0 Å². The van der Waals surface area contributed by atoms with Crippen molar-refractivity contribution in [3.8, 4) is 0 Å². The number of rotatable bonds is 4. The van der Waals surface area contributed by atoms with E-state index in [-0.39, 0.29) is 23.9 Å². The van der Waals surface area contributed by atoms with E-state index in [1.165, 1.54) is 5.56 Å². The van der Waals surface area contributed by atoms with Gasteiger partial charge in [0.05, 0.1) is 12.6 Å². The Morgan fingerprint density at radius 3 is 3.04 bits per heavy atom. The van der Waals surface area contributed by atoms with Gasteiger partial charge in [0.1, 0.15) is 5.82 Å². The molecular formula is C16H21N5O2. The van der Waals surface area contributed by atoms with Crippen LogP contribution in [0, 0.1) is 6.92 Å². The molecule has 1 amide bonds. The van der Waals surface area contributed by atoms with Gasteiger partial charge in [-0.25, -0.2) is 4.98 Å². The SMILES string of the molecule is CCc1nc(C)c(CC(=O)NC2CCc3cn[nH]c3C2)c(=O)[nH]1. The first-order valence-electron chi connectivity index (χ1n) is 7.96. The van der Waals surface area contributed by atoms with Crippen LogP contribution in [0.25, 0.3) is 0 Å². The fourth-order valence-electron chi connectivity index (χ4n) is 3.01. The molecule has 7 heteroatoms. The standard InChI is InChI=1S/C16H21N5O2/c1-3-14-18-9(2)12(16(23)20-14)7-15(22)19-11-5-4-10-8-17-21-13(10)6-11/h8,11H,3-7H2,1-2H3,(H,17,21)(H,19,22)(H,18,20,23). The molecule has 0 radical (unpaired) electrons. The summed E-state index contributed by atoms with van der Waals surface area (Å²) in [5.74, 6) is 0.508. The highest BCUT2D eigenvalue weighted by molar-refractivity contribution is 5.79. The zero-order chi connectivity index (χ0) is 16.4. The highest BCUT2D eigenvalue weighted by Crippen LogP contribution is 2.18. The minimum Gasteiger partial charge on any atom is -0.353 e. The zero-order valence-electron chi connectivity index (χ0n) is 13.4. The summed E-state index contributed by atoms with van der Waals surface area (Å²) in [6.07, 6.45) is 5.12. The number of fused-ring (bicyclic) bond motifs is 1. The molecule has 122 valence electrons. The van der Waals surface area contributed by atoms with Crippen LogP contribution >= 0.6 is 0 Å². The summed E-state index contributed by atoms with van der Waals surface area (Å²) in [6.45, 7) is 3.70. The maximum Gasteiger partial charge on any atom is 0.254 e. The first-order chi connectivity index (χ1) is 11.1. The molecule has 0 aliphatic heterocycles. The van der Waals surface area contributed by atoms with E-state index in [4.69, 9.17) is 0 Å². The van der Waals surface area contributed by atoms with Gasteiger partial charge in [0.25, 0.3) is 5.56 Å². The van der Waals surface area contributed by atoms with E-state index in [2.05, 4.69) is 25.5 Å². The molecule has 3 rings (SSSR count). The predicted octanol–water partition coefficient (Wildman–Crippen LogP) is 0.580. The van der Waals surface area contributed by atoms with Crippen molar-refractivity contribution >= 4 is 5.91 Å². The van der Waals surface area contributed by atoms with Crippen molar-refractivity contribution in [2.24, 2.45) is 0 Å². The molecule has 1 aliphatic rings. The molecule has 2 heterocycles. The number of hydrogen-bond donors (Lipinski definition) is 3. The summed E-state index contributed by atoms with van der Waals surface area (Å²) in [5.41, 5.74) is 3.16. The predicted molar refractivity (Wildman–Crippen MR) is 85.2 cm³/mol. The number of aryl methyl sites for hydroxylation is 3. The number of carbonyl (C=O) groups excluding carboxylic acids is 1. The van der Waals surface area contributed by atoms with E-state index in [1.54, 1.807) is 6.92 Å². The molecule has 1 unspecified atom stereocenters. The largest absolute Gasteiger partial charge is 0.353 e. The first kappa shape index (κ1) is 15.5. The van der Waals surface area contributed by atoms with E-state index in [0.717, 1.165) is 25.0 Å². The molecule has 2 aromatic rings. The lowest BCUT2D eigenvalue weighted by Gasteiger charge is -2.22. The van der Waals surface area contributed by atoms with Crippen LogP contribution < -0.4 is 10.9 Å². The lowest BCUT2D eigenvalue weighted by atomic mass is 9.93. The molecule has 7 nitrogen and oxygen atoms in total. The van der Waals surface area contributed by atoms with E-state index in [9.17, 15) is 9.59 Å². The van der Waals surface area contributed by atoms with Crippen LogP contribution in [0.4, 0.5) is 0 Å². The van der Waals surface area contributed by atoms with Gasteiger partial charge in [0, 0.05) is 35.8 Å². The third-order valence-electron chi connectivity index (χ3n) is 4.33. The van der Waals surface area contributed by atoms with Crippen LogP contribution in [0.5, 0.6) is 0 Å². The van der Waals surface area contributed by atoms with Crippen LogP contribution in [-0.4, -0.2) is 32.1 Å². The van der Waals surface area contributed by atoms with Crippen molar-refractivity contribution < 1.29 is 4.79 Å². The van der Waals surface area contributed by atoms with E-state index in [0.29, 0.717) is 23.5 Å². The number of amides is 1. The van der Waals surface area contributed by atoms with Gasteiger partial charge in [-0.05, 0) is 25.3 Å². The highest BCUT2D eigenvalue weighted by atomic mass is 16.2. The highest BCUT2D eigenvalue weighted by Gasteiger charge is 2.22. The van der Waals surface area contributed by atoms with Gasteiger partial charge in [0.15, 0.2) is 0 Å². The van der Waals surface area contributed by atoms with E-state index in [1.807, 2.05) is 13.1 Å². The van der Waals surface area contributed by atoms with Crippen molar-refractivity contribution in [3.63, 3.8) is 0 Å². The Kier molecular flexibility index (Phi) is 4.27. The molecule has 1 aliphatic carbocycles. The Balaban J connectivity index is 1.65. The zero-order valence-corrected chi connectivity index (χ0v) is 13.4. The fraction of sp³-hybridized carbons (Fsp3) is 0.500. The smallest absolute Gasteiger partial charge is 0.254 e. The summed E-state index contributed by atoms with van der Waals surface area (Å²) in [7, 11) is 0. The minimum atomic E-state index is -0.219. The molecule has 0 bridgehead atoms. The van der Waals surface area contributed by atoms with Crippen molar-refractivity contribution in [1.29, 1.82) is 0 Å². The fourth-order valence-corrected chi connectivity index (χ4v) is 3.01. The number of aromatic amines is 2. The van der Waals surface area contributed by atoms with Crippen LogP contribution in [0.2, 0.25) is 0 Å². The van der Waals surface area contributed by atoms with Crippen molar-refractivity contribution in [3.05, 3.63) is 44.9 Å². The third-order valence-corrected chi connectivity index (χ3v) is 4.33. The molecule has 1 atom stereocenters. The van der Waals surface area contributed by atoms with Crippen LogP contribution in [0.3, 0.4) is 0 Å². The monoisotopic (exact) mass is 315 g/mol. The number of aromatic nitrogens is 4. The second kappa shape index (κ2) is 6.36. The van der Waals surface area contributed by atoms with Gasteiger partial charge >= 0.3 is 0 Å². The molecule has 0 aromatic carbocycles. The van der Waals surface area contributed by atoms with Gasteiger partial charge in [-0.2, -0.15) is 5.10 Å². The van der Waals surface area contributed by atoms with Crippen molar-refractivity contribution in [1.82, 2.24) is 25.5 Å². The summed E-state index contributed by atoms with van der Waals surface area (Å²) in [5, 5.41) is 10.0. The lowest BCUT2D eigenvalue weighted by molar-refractivity contribution is -0.121. The topological polar surface area (TPSA) is 104 Å². The second-order valence-corrected chi connectivity index (χ2v) is 5.99. The Morgan fingerprint density at radius 2 is 2.30 bits per heavy atom. The molecule has 3 N–H and O–H groups in total. The molecule has 0 spiro atoms. The minimum absolute atomic E-state index is 0.0600. The quantitative estimate of drug-likeness (QED) is 0.767. The molecule has 2 aromatic heterocycles. The molecule has 23 heavy (non-hydrogen) atoms. The Morgan fingerprint density at radius 1 is 1.48 bits per heavy atom. The normalized spacial score (nSPS) is 16.9. The number of nitrogens with zero attached hydrogens (tertiary/aromatic N) is 2. The lowest BCUT2D eigenvalue weighted by Crippen LogP contribution is -2.40. The van der Waals surface area contributed by atoms with Gasteiger partial charge in [-0.3, -0.25) is 14.7 Å². The molecule has 0 fully saturated rings. The molecular weight excluding hydrogens is 294 g/mol. The van der Waals surface area contributed by atoms with E-state index >= 15 is 0 Å². The summed E-state index contributed by atoms with van der Waals surface area (Å²) in [6, 6.07) is 0.0812. The van der Waals surface area contributed by atoms with Gasteiger partial charge in [0.2, 0.25) is 5.91 Å². The van der Waals surface area contributed by atoms with Crippen molar-refractivity contribution in [2.75, 3.05) is 0 Å². The molecule has 0 saturated carbocycles. The number of carbonyl (C=O) groups is 1. The Labute approximate surface area is 133 Å². The average molecular weight is 315 g/mol. The van der Waals surface area contributed by atoms with Crippen LogP contribution in [-0.2, 0) is 30.5 Å². The second-order valence-electron chi connectivity index (χ2n) is 5.99. The maximum absolute atomic E-state index is 12.3. The van der Waals surface area contributed by atoms with Gasteiger partial charge in [-0.15, -0.1) is 0 Å². The average Bonchev–Trinajstić information content (AvgIpc) is 2.98. The number of nitrogens with one attached hydrogen (secondary N) is 3. The first-order valence-corrected chi connectivity index (χ1v) is 7.96. The number of hydrogen-bond acceptors (Lipinski definition) is 4. The molecule has 0 saturated heterocycles. The van der Waals surface area contributed by atoms with E-state index < -0.39 is 0 Å². The number of H-pyrrole nitrogens is 2. The van der Waals surface area contributed by atoms with Crippen LogP contribution in [0.1, 0.15) is 41.7 Å². The third kappa shape index (κ3) is 3.33.